The van der Waals surface area contributed by atoms with Gasteiger partial charge in [-0.15, -0.1) is 12.3 Å². The molecule has 2 atom stereocenters. The molecule has 12 heavy (non-hydrogen) atoms. The first-order valence-electron chi connectivity index (χ1n) is 4.86. The molecule has 0 heterocycles. The van der Waals surface area contributed by atoms with Gasteiger partial charge in [-0.25, -0.2) is 0 Å². The van der Waals surface area contributed by atoms with E-state index in [1.54, 1.807) is 0 Å². The zero-order chi connectivity index (χ0) is 9.40. The molecule has 0 aromatic rings. The fraction of sp³-hybridized carbons (Fsp3) is 0.818. The first-order chi connectivity index (χ1) is 5.72. The second-order valence-corrected chi connectivity index (χ2v) is 3.57. The molecule has 70 valence electrons. The molecule has 0 saturated heterocycles. The molecule has 0 fully saturated rings. The minimum atomic E-state index is 0.638. The highest BCUT2D eigenvalue weighted by Gasteiger charge is 2.09. The Morgan fingerprint density at radius 1 is 1.33 bits per heavy atom. The summed E-state index contributed by atoms with van der Waals surface area (Å²) in [6.07, 6.45) is 7.35. The predicted octanol–water partition coefficient (Wildman–Crippen LogP) is 2.28. The monoisotopic (exact) mass is 167 g/mol. The van der Waals surface area contributed by atoms with Crippen LogP contribution in [-0.2, 0) is 0 Å². The fourth-order valence-corrected chi connectivity index (χ4v) is 1.09. The van der Waals surface area contributed by atoms with Crippen LogP contribution in [0.5, 0.6) is 0 Å². The Kier molecular flexibility index (Phi) is 6.90. The number of nitrogens with one attached hydrogen (secondary N) is 1. The quantitative estimate of drug-likeness (QED) is 0.473. The standard InChI is InChI=1S/C11H21N/c1-5-7-10(3)11(4)9-12-8-6-2/h1,10-12H,6-9H2,2-4H3. The number of hydrogen-bond donors (Lipinski definition) is 1. The van der Waals surface area contributed by atoms with Crippen molar-refractivity contribution in [3.63, 3.8) is 0 Å². The van der Waals surface area contributed by atoms with Crippen LogP contribution in [0.4, 0.5) is 0 Å². The Labute approximate surface area is 76.9 Å². The van der Waals surface area contributed by atoms with Crippen LogP contribution >= 0.6 is 0 Å². The van der Waals surface area contributed by atoms with Crippen molar-refractivity contribution in [2.45, 2.75) is 33.6 Å². The Morgan fingerprint density at radius 2 is 2.00 bits per heavy atom. The maximum Gasteiger partial charge on any atom is 0.0115 e. The molecule has 1 N–H and O–H groups in total. The second kappa shape index (κ2) is 7.18. The molecule has 0 aromatic heterocycles. The summed E-state index contributed by atoms with van der Waals surface area (Å²) in [4.78, 5) is 0. The van der Waals surface area contributed by atoms with E-state index in [2.05, 4.69) is 32.0 Å². The highest BCUT2D eigenvalue weighted by molar-refractivity contribution is 4.87. The molecule has 0 aliphatic heterocycles. The smallest absolute Gasteiger partial charge is 0.0115 e. The van der Waals surface area contributed by atoms with Crippen LogP contribution in [0.3, 0.4) is 0 Å². The number of hydrogen-bond acceptors (Lipinski definition) is 1. The predicted molar refractivity (Wildman–Crippen MR) is 54.9 cm³/mol. The molecule has 1 heteroatoms. The Hall–Kier alpha value is -0.480. The van der Waals surface area contributed by atoms with Crippen LogP contribution in [0.15, 0.2) is 0 Å². The fourth-order valence-electron chi connectivity index (χ4n) is 1.09. The third-order valence-electron chi connectivity index (χ3n) is 2.30. The maximum absolute atomic E-state index is 5.25. The zero-order valence-electron chi connectivity index (χ0n) is 8.56. The van der Waals surface area contributed by atoms with Crippen molar-refractivity contribution in [2.24, 2.45) is 11.8 Å². The Morgan fingerprint density at radius 3 is 2.50 bits per heavy atom. The highest BCUT2D eigenvalue weighted by atomic mass is 14.8. The van der Waals surface area contributed by atoms with Crippen molar-refractivity contribution in [2.75, 3.05) is 13.1 Å². The van der Waals surface area contributed by atoms with E-state index in [4.69, 9.17) is 6.42 Å². The molecule has 0 amide bonds. The molecule has 2 unspecified atom stereocenters. The summed E-state index contributed by atoms with van der Waals surface area (Å²) in [5, 5.41) is 3.41. The lowest BCUT2D eigenvalue weighted by molar-refractivity contribution is 0.374. The van der Waals surface area contributed by atoms with Gasteiger partial charge in [0.15, 0.2) is 0 Å². The summed E-state index contributed by atoms with van der Waals surface area (Å²) in [5.74, 6) is 4.04. The molecule has 0 aromatic carbocycles. The summed E-state index contributed by atoms with van der Waals surface area (Å²) >= 11 is 0. The van der Waals surface area contributed by atoms with Gasteiger partial charge >= 0.3 is 0 Å². The van der Waals surface area contributed by atoms with Gasteiger partial charge in [0.05, 0.1) is 0 Å². The van der Waals surface area contributed by atoms with E-state index in [0.29, 0.717) is 11.8 Å². The van der Waals surface area contributed by atoms with Crippen LogP contribution < -0.4 is 5.32 Å². The van der Waals surface area contributed by atoms with Gasteiger partial charge in [-0.1, -0.05) is 20.8 Å². The van der Waals surface area contributed by atoms with Crippen molar-refractivity contribution >= 4 is 0 Å². The normalized spacial score (nSPS) is 15.2. The molecule has 0 spiro atoms. The van der Waals surface area contributed by atoms with E-state index >= 15 is 0 Å². The molecule has 0 aliphatic carbocycles. The number of rotatable bonds is 6. The lowest BCUT2D eigenvalue weighted by Gasteiger charge is -2.17. The minimum absolute atomic E-state index is 0.638. The Bertz CT molecular complexity index is 134. The van der Waals surface area contributed by atoms with Crippen molar-refractivity contribution in [1.82, 2.24) is 5.32 Å². The van der Waals surface area contributed by atoms with Crippen LogP contribution in [0.25, 0.3) is 0 Å². The molecule has 0 rings (SSSR count). The van der Waals surface area contributed by atoms with Crippen LogP contribution in [-0.4, -0.2) is 13.1 Å². The lowest BCUT2D eigenvalue weighted by atomic mass is 9.93. The average Bonchev–Trinajstić information content (AvgIpc) is 2.05. The van der Waals surface area contributed by atoms with Gasteiger partial charge in [0, 0.05) is 6.42 Å². The highest BCUT2D eigenvalue weighted by Crippen LogP contribution is 2.12. The van der Waals surface area contributed by atoms with Crippen LogP contribution in [0, 0.1) is 24.2 Å². The summed E-state index contributed by atoms with van der Waals surface area (Å²) < 4.78 is 0. The van der Waals surface area contributed by atoms with Gasteiger partial charge in [0.25, 0.3) is 0 Å². The van der Waals surface area contributed by atoms with E-state index in [0.717, 1.165) is 19.5 Å². The van der Waals surface area contributed by atoms with Gasteiger partial charge in [-0.05, 0) is 31.3 Å². The molecular formula is C11H21N. The van der Waals surface area contributed by atoms with Gasteiger partial charge in [0.2, 0.25) is 0 Å². The second-order valence-electron chi connectivity index (χ2n) is 3.57. The summed E-state index contributed by atoms with van der Waals surface area (Å²) in [5.41, 5.74) is 0. The SMILES string of the molecule is C#CCC(C)C(C)CNCCC. The van der Waals surface area contributed by atoms with Gasteiger partial charge in [0.1, 0.15) is 0 Å². The summed E-state index contributed by atoms with van der Waals surface area (Å²) in [7, 11) is 0. The first kappa shape index (κ1) is 11.5. The van der Waals surface area contributed by atoms with Gasteiger partial charge < -0.3 is 5.32 Å². The van der Waals surface area contributed by atoms with Crippen molar-refractivity contribution < 1.29 is 0 Å². The lowest BCUT2D eigenvalue weighted by Crippen LogP contribution is -2.25. The van der Waals surface area contributed by atoms with Gasteiger partial charge in [-0.2, -0.15) is 0 Å². The topological polar surface area (TPSA) is 12.0 Å². The van der Waals surface area contributed by atoms with Crippen molar-refractivity contribution in [3.05, 3.63) is 0 Å². The van der Waals surface area contributed by atoms with E-state index < -0.39 is 0 Å². The molecular weight excluding hydrogens is 146 g/mol. The molecule has 0 radical (unpaired) electrons. The third kappa shape index (κ3) is 5.21. The third-order valence-corrected chi connectivity index (χ3v) is 2.30. The molecule has 0 aliphatic rings. The van der Waals surface area contributed by atoms with Crippen LogP contribution in [0.1, 0.15) is 33.6 Å². The van der Waals surface area contributed by atoms with E-state index in [-0.39, 0.29) is 0 Å². The van der Waals surface area contributed by atoms with E-state index in [1.807, 2.05) is 0 Å². The summed E-state index contributed by atoms with van der Waals surface area (Å²) in [6, 6.07) is 0. The molecule has 0 saturated carbocycles. The average molecular weight is 167 g/mol. The zero-order valence-corrected chi connectivity index (χ0v) is 8.56. The van der Waals surface area contributed by atoms with E-state index in [1.165, 1.54) is 6.42 Å². The van der Waals surface area contributed by atoms with Gasteiger partial charge in [-0.3, -0.25) is 0 Å². The Balaban J connectivity index is 3.43. The van der Waals surface area contributed by atoms with E-state index in [9.17, 15) is 0 Å². The minimum Gasteiger partial charge on any atom is -0.316 e. The first-order valence-corrected chi connectivity index (χ1v) is 4.86. The van der Waals surface area contributed by atoms with Crippen LogP contribution in [0.2, 0.25) is 0 Å². The largest absolute Gasteiger partial charge is 0.316 e. The summed E-state index contributed by atoms with van der Waals surface area (Å²) in [6.45, 7) is 8.87. The van der Waals surface area contributed by atoms with Crippen molar-refractivity contribution in [3.8, 4) is 12.3 Å². The molecule has 0 bridgehead atoms. The maximum atomic E-state index is 5.25. The number of terminal acetylenes is 1. The molecule has 1 nitrogen and oxygen atoms in total. The van der Waals surface area contributed by atoms with Crippen molar-refractivity contribution in [1.29, 1.82) is 0 Å².